The van der Waals surface area contributed by atoms with Crippen molar-refractivity contribution in [2.75, 3.05) is 39.8 Å². The van der Waals surface area contributed by atoms with Gasteiger partial charge in [-0.1, -0.05) is 30.3 Å². The third kappa shape index (κ3) is 3.21. The zero-order valence-corrected chi connectivity index (χ0v) is 16.0. The maximum atomic E-state index is 12.5. The molecule has 3 aliphatic rings. The number of amides is 1. The van der Waals surface area contributed by atoms with Gasteiger partial charge in [-0.05, 0) is 43.9 Å². The minimum absolute atomic E-state index is 0.138. The molecule has 2 saturated heterocycles. The summed E-state index contributed by atoms with van der Waals surface area (Å²) in [6.07, 6.45) is 6.92. The zero-order chi connectivity index (χ0) is 18.1. The summed E-state index contributed by atoms with van der Waals surface area (Å²) < 4.78 is 0. The van der Waals surface area contributed by atoms with Gasteiger partial charge in [-0.3, -0.25) is 14.6 Å². The van der Waals surface area contributed by atoms with Crippen molar-refractivity contribution in [2.24, 2.45) is 0 Å². The highest BCUT2D eigenvalue weighted by Crippen LogP contribution is 2.35. The SMILES string of the molecule is C=CCN1CC[C@@]2(CCC1=O)CN(C1Cc3ccccc3C1)CCN2C. The topological polar surface area (TPSA) is 26.8 Å². The van der Waals surface area contributed by atoms with Crippen molar-refractivity contribution in [1.29, 1.82) is 0 Å². The highest BCUT2D eigenvalue weighted by Gasteiger charge is 2.44. The van der Waals surface area contributed by atoms with Crippen LogP contribution in [0.25, 0.3) is 0 Å². The molecule has 0 aromatic heterocycles. The second-order valence-electron chi connectivity index (χ2n) is 8.33. The summed E-state index contributed by atoms with van der Waals surface area (Å²) in [6, 6.07) is 9.54. The second-order valence-corrected chi connectivity index (χ2v) is 8.33. The molecule has 0 radical (unpaired) electrons. The Morgan fingerprint density at radius 2 is 1.88 bits per heavy atom. The number of hydrogen-bond acceptors (Lipinski definition) is 3. The van der Waals surface area contributed by atoms with E-state index in [-0.39, 0.29) is 5.54 Å². The Hall–Kier alpha value is -1.65. The van der Waals surface area contributed by atoms with Crippen molar-refractivity contribution < 1.29 is 4.79 Å². The summed E-state index contributed by atoms with van der Waals surface area (Å²) in [4.78, 5) is 19.7. The van der Waals surface area contributed by atoms with Crippen molar-refractivity contribution in [3.8, 4) is 0 Å². The highest BCUT2D eigenvalue weighted by molar-refractivity contribution is 5.76. The van der Waals surface area contributed by atoms with Crippen molar-refractivity contribution in [1.82, 2.24) is 14.7 Å². The number of carbonyl (C=O) groups excluding carboxylic acids is 1. The first-order valence-corrected chi connectivity index (χ1v) is 10.0. The molecule has 2 aliphatic heterocycles. The predicted octanol–water partition coefficient (Wildman–Crippen LogP) is 2.34. The third-order valence-corrected chi connectivity index (χ3v) is 6.93. The van der Waals surface area contributed by atoms with Gasteiger partial charge in [0.2, 0.25) is 5.91 Å². The lowest BCUT2D eigenvalue weighted by atomic mass is 9.85. The van der Waals surface area contributed by atoms with Gasteiger partial charge in [-0.2, -0.15) is 0 Å². The number of nitrogens with zero attached hydrogens (tertiary/aromatic N) is 3. The van der Waals surface area contributed by atoms with Crippen molar-refractivity contribution in [2.45, 2.75) is 43.7 Å². The lowest BCUT2D eigenvalue weighted by molar-refractivity contribution is -0.130. The molecule has 4 rings (SSSR count). The van der Waals surface area contributed by atoms with Crippen LogP contribution in [0.4, 0.5) is 0 Å². The van der Waals surface area contributed by atoms with E-state index in [1.54, 1.807) is 0 Å². The first-order valence-electron chi connectivity index (χ1n) is 10.0. The molecule has 1 amide bonds. The van der Waals surface area contributed by atoms with Crippen LogP contribution in [-0.2, 0) is 17.6 Å². The smallest absolute Gasteiger partial charge is 0.222 e. The Morgan fingerprint density at radius 3 is 2.58 bits per heavy atom. The molecular formula is C22H31N3O. The van der Waals surface area contributed by atoms with E-state index < -0.39 is 0 Å². The lowest BCUT2D eigenvalue weighted by Crippen LogP contribution is -2.63. The summed E-state index contributed by atoms with van der Waals surface area (Å²) in [5.41, 5.74) is 3.19. The van der Waals surface area contributed by atoms with Gasteiger partial charge in [-0.15, -0.1) is 6.58 Å². The molecule has 0 N–H and O–H groups in total. The van der Waals surface area contributed by atoms with Gasteiger partial charge in [0.15, 0.2) is 0 Å². The summed E-state index contributed by atoms with van der Waals surface area (Å²) in [6.45, 7) is 8.68. The minimum atomic E-state index is 0.138. The monoisotopic (exact) mass is 353 g/mol. The van der Waals surface area contributed by atoms with Crippen LogP contribution in [-0.4, -0.2) is 72.0 Å². The molecule has 1 atom stereocenters. The van der Waals surface area contributed by atoms with Gasteiger partial charge in [0.25, 0.3) is 0 Å². The van der Waals surface area contributed by atoms with Gasteiger partial charge in [0, 0.05) is 50.7 Å². The molecule has 1 spiro atoms. The fourth-order valence-corrected chi connectivity index (χ4v) is 5.18. The Labute approximate surface area is 157 Å². The molecule has 140 valence electrons. The zero-order valence-electron chi connectivity index (χ0n) is 16.0. The molecule has 0 unspecified atom stereocenters. The Bertz CT molecular complexity index is 663. The Balaban J connectivity index is 1.48. The number of carbonyl (C=O) groups is 1. The predicted molar refractivity (Wildman–Crippen MR) is 105 cm³/mol. The quantitative estimate of drug-likeness (QED) is 0.781. The van der Waals surface area contributed by atoms with Gasteiger partial charge in [0.1, 0.15) is 0 Å². The highest BCUT2D eigenvalue weighted by atomic mass is 16.2. The van der Waals surface area contributed by atoms with E-state index in [2.05, 4.69) is 47.7 Å². The van der Waals surface area contributed by atoms with E-state index in [9.17, 15) is 4.79 Å². The second kappa shape index (κ2) is 7.16. The van der Waals surface area contributed by atoms with Crippen LogP contribution in [0.3, 0.4) is 0 Å². The van der Waals surface area contributed by atoms with E-state index in [0.29, 0.717) is 24.9 Å². The van der Waals surface area contributed by atoms with Crippen LogP contribution in [0.2, 0.25) is 0 Å². The number of hydrogen-bond donors (Lipinski definition) is 0. The van der Waals surface area contributed by atoms with Crippen molar-refractivity contribution in [3.05, 3.63) is 48.0 Å². The first kappa shape index (κ1) is 17.7. The molecule has 2 fully saturated rings. The lowest BCUT2D eigenvalue weighted by Gasteiger charge is -2.51. The molecule has 26 heavy (non-hydrogen) atoms. The summed E-state index contributed by atoms with van der Waals surface area (Å²) in [7, 11) is 2.26. The van der Waals surface area contributed by atoms with E-state index >= 15 is 0 Å². The van der Waals surface area contributed by atoms with E-state index in [1.165, 1.54) is 24.0 Å². The normalized spacial score (nSPS) is 28.3. The summed E-state index contributed by atoms with van der Waals surface area (Å²) in [5, 5.41) is 0. The molecule has 2 heterocycles. The van der Waals surface area contributed by atoms with Gasteiger partial charge >= 0.3 is 0 Å². The van der Waals surface area contributed by atoms with Crippen molar-refractivity contribution in [3.63, 3.8) is 0 Å². The molecule has 4 heteroatoms. The first-order chi connectivity index (χ1) is 12.6. The molecule has 1 aromatic rings. The minimum Gasteiger partial charge on any atom is -0.339 e. The standard InChI is InChI=1S/C22H31N3O/c1-3-11-24-12-10-22(9-8-21(24)26)17-25(14-13-23(22)2)20-15-18-6-4-5-7-19(18)16-20/h3-7,20H,1,8-17H2,2H3/t22-/m0/s1. The molecule has 0 saturated carbocycles. The van der Waals surface area contributed by atoms with Crippen molar-refractivity contribution >= 4 is 5.91 Å². The molecule has 1 aromatic carbocycles. The van der Waals surface area contributed by atoms with Gasteiger partial charge in [-0.25, -0.2) is 0 Å². The third-order valence-electron chi connectivity index (χ3n) is 6.93. The van der Waals surface area contributed by atoms with Crippen LogP contribution >= 0.6 is 0 Å². The Kier molecular flexibility index (Phi) is 4.89. The van der Waals surface area contributed by atoms with Gasteiger partial charge < -0.3 is 4.90 Å². The van der Waals surface area contributed by atoms with Gasteiger partial charge in [0.05, 0.1) is 0 Å². The average molecular weight is 354 g/mol. The molecule has 1 aliphatic carbocycles. The number of rotatable bonds is 3. The number of likely N-dealkylation sites (N-methyl/N-ethyl adjacent to an activating group) is 1. The molecule has 0 bridgehead atoms. The fourth-order valence-electron chi connectivity index (χ4n) is 5.18. The van der Waals surface area contributed by atoms with E-state index in [1.807, 2.05) is 11.0 Å². The van der Waals surface area contributed by atoms with Crippen LogP contribution in [0, 0.1) is 0 Å². The summed E-state index contributed by atoms with van der Waals surface area (Å²) in [5.74, 6) is 0.292. The molecular weight excluding hydrogens is 322 g/mol. The van der Waals surface area contributed by atoms with E-state index in [0.717, 1.165) is 39.0 Å². The number of likely N-dealkylation sites (tertiary alicyclic amines) is 1. The number of fused-ring (bicyclic) bond motifs is 1. The Morgan fingerprint density at radius 1 is 1.15 bits per heavy atom. The van der Waals surface area contributed by atoms with Crippen LogP contribution in [0.1, 0.15) is 30.4 Å². The maximum absolute atomic E-state index is 12.5. The van der Waals surface area contributed by atoms with Crippen LogP contribution < -0.4 is 0 Å². The average Bonchev–Trinajstić information content (AvgIpc) is 3.02. The number of benzene rings is 1. The maximum Gasteiger partial charge on any atom is 0.222 e. The van der Waals surface area contributed by atoms with E-state index in [4.69, 9.17) is 0 Å². The molecule has 4 nitrogen and oxygen atoms in total. The fraction of sp³-hybridized carbons (Fsp3) is 0.591. The largest absolute Gasteiger partial charge is 0.339 e. The van der Waals surface area contributed by atoms with Crippen LogP contribution in [0.5, 0.6) is 0 Å². The summed E-state index contributed by atoms with van der Waals surface area (Å²) >= 11 is 0. The number of piperazine rings is 1. The van der Waals surface area contributed by atoms with Crippen LogP contribution in [0.15, 0.2) is 36.9 Å².